The number of carboxylic acids is 1. The first kappa shape index (κ1) is 13.9. The summed E-state index contributed by atoms with van der Waals surface area (Å²) in [5.41, 5.74) is -0.142. The summed E-state index contributed by atoms with van der Waals surface area (Å²) in [6.45, 7) is 6.09. The second kappa shape index (κ2) is 5.42. The van der Waals surface area contributed by atoms with Crippen molar-refractivity contribution in [2.45, 2.75) is 32.2 Å². The van der Waals surface area contributed by atoms with Crippen molar-refractivity contribution >= 4 is 22.6 Å². The lowest BCUT2D eigenvalue weighted by molar-refractivity contribution is -0.139. The van der Waals surface area contributed by atoms with Crippen LogP contribution in [0.4, 0.5) is 5.13 Å². The van der Waals surface area contributed by atoms with Crippen LogP contribution < -0.4 is 5.32 Å². The van der Waals surface area contributed by atoms with Crippen LogP contribution >= 0.6 is 11.5 Å². The first-order valence-electron chi connectivity index (χ1n) is 5.17. The fourth-order valence-corrected chi connectivity index (χ4v) is 1.89. The monoisotopic (exact) mass is 259 g/mol. The number of ether oxygens (including phenoxy) is 1. The Balaban J connectivity index is 2.74. The van der Waals surface area contributed by atoms with E-state index in [1.54, 1.807) is 0 Å². The number of carbonyl (C=O) groups is 1. The summed E-state index contributed by atoms with van der Waals surface area (Å²) in [5, 5.41) is 12.2. The third-order valence-electron chi connectivity index (χ3n) is 2.03. The van der Waals surface area contributed by atoms with Gasteiger partial charge in [-0.15, -0.1) is 0 Å². The van der Waals surface area contributed by atoms with Gasteiger partial charge in [-0.25, -0.2) is 9.78 Å². The van der Waals surface area contributed by atoms with Crippen molar-refractivity contribution in [1.29, 1.82) is 0 Å². The molecule has 1 aromatic heterocycles. The van der Waals surface area contributed by atoms with Gasteiger partial charge < -0.3 is 15.2 Å². The lowest BCUT2D eigenvalue weighted by atomic mass is 9.96. The minimum Gasteiger partial charge on any atom is -0.480 e. The molecule has 1 aromatic rings. The summed E-state index contributed by atoms with van der Waals surface area (Å²) in [6, 6.07) is -0.805. The van der Waals surface area contributed by atoms with Gasteiger partial charge in [-0.2, -0.15) is 4.37 Å². The molecule has 0 amide bonds. The van der Waals surface area contributed by atoms with E-state index in [1.807, 2.05) is 20.8 Å². The van der Waals surface area contributed by atoms with Crippen LogP contribution in [-0.4, -0.2) is 40.2 Å². The Morgan fingerprint density at radius 3 is 2.65 bits per heavy atom. The Hall–Kier alpha value is -1.21. The van der Waals surface area contributed by atoms with E-state index >= 15 is 0 Å². The van der Waals surface area contributed by atoms with Gasteiger partial charge in [0.15, 0.2) is 0 Å². The molecule has 0 aliphatic rings. The van der Waals surface area contributed by atoms with Gasteiger partial charge in [0.2, 0.25) is 5.13 Å². The SMILES string of the molecule is COCC(Nc1nc(C(C)(C)C)ns1)C(=O)O. The predicted molar refractivity (Wildman–Crippen MR) is 65.5 cm³/mol. The van der Waals surface area contributed by atoms with Crippen LogP contribution in [0.5, 0.6) is 0 Å². The highest BCUT2D eigenvalue weighted by Gasteiger charge is 2.22. The van der Waals surface area contributed by atoms with Gasteiger partial charge in [0.25, 0.3) is 0 Å². The number of nitrogens with zero attached hydrogens (tertiary/aromatic N) is 2. The molecule has 96 valence electrons. The molecule has 1 rings (SSSR count). The molecule has 0 saturated carbocycles. The molecule has 1 atom stereocenters. The lowest BCUT2D eigenvalue weighted by Crippen LogP contribution is -2.33. The average molecular weight is 259 g/mol. The number of rotatable bonds is 5. The third-order valence-corrected chi connectivity index (χ3v) is 2.67. The van der Waals surface area contributed by atoms with E-state index in [9.17, 15) is 4.79 Å². The molecule has 0 fully saturated rings. The van der Waals surface area contributed by atoms with Crippen molar-refractivity contribution in [3.63, 3.8) is 0 Å². The van der Waals surface area contributed by atoms with Crippen LogP contribution in [0.1, 0.15) is 26.6 Å². The minimum atomic E-state index is -0.973. The average Bonchev–Trinajstić information content (AvgIpc) is 2.64. The van der Waals surface area contributed by atoms with Crippen molar-refractivity contribution < 1.29 is 14.6 Å². The van der Waals surface area contributed by atoms with E-state index in [-0.39, 0.29) is 12.0 Å². The van der Waals surface area contributed by atoms with Gasteiger partial charge in [0.1, 0.15) is 11.9 Å². The molecule has 7 heteroatoms. The molecule has 0 aromatic carbocycles. The van der Waals surface area contributed by atoms with Crippen LogP contribution in [0.25, 0.3) is 0 Å². The second-order valence-electron chi connectivity index (χ2n) is 4.66. The van der Waals surface area contributed by atoms with E-state index < -0.39 is 12.0 Å². The standard InChI is InChI=1S/C10H17N3O3S/c1-10(2,3)8-12-9(17-13-8)11-6(5-16-4)7(14)15/h6H,5H2,1-4H3,(H,14,15)(H,11,12,13). The van der Waals surface area contributed by atoms with Crippen molar-refractivity contribution in [3.8, 4) is 0 Å². The second-order valence-corrected chi connectivity index (χ2v) is 5.42. The number of aliphatic carboxylic acids is 1. The van der Waals surface area contributed by atoms with E-state index in [0.29, 0.717) is 11.0 Å². The number of methoxy groups -OCH3 is 1. The summed E-state index contributed by atoms with van der Waals surface area (Å²) >= 11 is 1.16. The molecule has 17 heavy (non-hydrogen) atoms. The Kier molecular flexibility index (Phi) is 4.41. The van der Waals surface area contributed by atoms with Crippen LogP contribution in [0.2, 0.25) is 0 Å². The summed E-state index contributed by atoms with van der Waals surface area (Å²) in [7, 11) is 1.46. The number of anilines is 1. The van der Waals surface area contributed by atoms with Gasteiger partial charge in [-0.3, -0.25) is 0 Å². The lowest BCUT2D eigenvalue weighted by Gasteiger charge is -2.13. The van der Waals surface area contributed by atoms with E-state index in [2.05, 4.69) is 14.7 Å². The Morgan fingerprint density at radius 1 is 1.59 bits per heavy atom. The van der Waals surface area contributed by atoms with Gasteiger partial charge >= 0.3 is 5.97 Å². The van der Waals surface area contributed by atoms with Crippen molar-refractivity contribution in [2.75, 3.05) is 19.0 Å². The molecular weight excluding hydrogens is 242 g/mol. The molecular formula is C10H17N3O3S. The van der Waals surface area contributed by atoms with Gasteiger partial charge in [0.05, 0.1) is 6.61 Å². The maximum absolute atomic E-state index is 10.9. The fraction of sp³-hybridized carbons (Fsp3) is 0.700. The highest BCUT2D eigenvalue weighted by molar-refractivity contribution is 7.09. The number of carboxylic acid groups (broad SMARTS) is 1. The van der Waals surface area contributed by atoms with Crippen LogP contribution in [0.15, 0.2) is 0 Å². The van der Waals surface area contributed by atoms with E-state index in [4.69, 9.17) is 9.84 Å². The maximum atomic E-state index is 10.9. The van der Waals surface area contributed by atoms with Crippen LogP contribution in [-0.2, 0) is 14.9 Å². The maximum Gasteiger partial charge on any atom is 0.328 e. The Bertz CT molecular complexity index is 386. The predicted octanol–water partition coefficient (Wildman–Crippen LogP) is 1.35. The highest BCUT2D eigenvalue weighted by Crippen LogP contribution is 2.23. The molecule has 0 radical (unpaired) electrons. The Labute approximate surface area is 104 Å². The van der Waals surface area contributed by atoms with Crippen LogP contribution in [0.3, 0.4) is 0 Å². The van der Waals surface area contributed by atoms with E-state index in [0.717, 1.165) is 11.5 Å². The zero-order valence-electron chi connectivity index (χ0n) is 10.4. The van der Waals surface area contributed by atoms with Crippen molar-refractivity contribution in [2.24, 2.45) is 0 Å². The van der Waals surface area contributed by atoms with E-state index in [1.165, 1.54) is 7.11 Å². The number of aromatic nitrogens is 2. The summed E-state index contributed by atoms with van der Waals surface area (Å²) in [5.74, 6) is -0.272. The summed E-state index contributed by atoms with van der Waals surface area (Å²) in [4.78, 5) is 15.2. The Morgan fingerprint density at radius 2 is 2.24 bits per heavy atom. The molecule has 0 saturated heterocycles. The fourth-order valence-electron chi connectivity index (χ4n) is 1.08. The number of hydrogen-bond acceptors (Lipinski definition) is 6. The van der Waals surface area contributed by atoms with Crippen molar-refractivity contribution in [3.05, 3.63) is 5.82 Å². The molecule has 0 spiro atoms. The first-order chi connectivity index (χ1) is 7.84. The van der Waals surface area contributed by atoms with Crippen LogP contribution in [0, 0.1) is 0 Å². The number of nitrogens with one attached hydrogen (secondary N) is 1. The van der Waals surface area contributed by atoms with Gasteiger partial charge in [0, 0.05) is 24.1 Å². The van der Waals surface area contributed by atoms with Gasteiger partial charge in [-0.1, -0.05) is 20.8 Å². The smallest absolute Gasteiger partial charge is 0.328 e. The molecule has 0 bridgehead atoms. The molecule has 1 unspecified atom stereocenters. The first-order valence-corrected chi connectivity index (χ1v) is 5.94. The van der Waals surface area contributed by atoms with Crippen molar-refractivity contribution in [1.82, 2.24) is 9.36 Å². The minimum absolute atomic E-state index is 0.0831. The zero-order valence-corrected chi connectivity index (χ0v) is 11.2. The summed E-state index contributed by atoms with van der Waals surface area (Å²) < 4.78 is 9.02. The highest BCUT2D eigenvalue weighted by atomic mass is 32.1. The molecule has 6 nitrogen and oxygen atoms in total. The third kappa shape index (κ3) is 3.94. The molecule has 0 aliphatic heterocycles. The quantitative estimate of drug-likeness (QED) is 0.830. The molecule has 0 aliphatic carbocycles. The number of hydrogen-bond donors (Lipinski definition) is 2. The normalized spacial score (nSPS) is 13.4. The molecule has 1 heterocycles. The summed E-state index contributed by atoms with van der Waals surface area (Å²) in [6.07, 6.45) is 0. The topological polar surface area (TPSA) is 84.3 Å². The van der Waals surface area contributed by atoms with Gasteiger partial charge in [-0.05, 0) is 0 Å². The largest absolute Gasteiger partial charge is 0.480 e. The zero-order chi connectivity index (χ0) is 13.1. The molecule has 2 N–H and O–H groups in total.